The van der Waals surface area contributed by atoms with Crippen molar-refractivity contribution in [2.75, 3.05) is 6.54 Å². The molecular formula is C13H15N3. The molecule has 1 aliphatic rings. The maximum absolute atomic E-state index is 4.49. The number of hydrogen-bond donors (Lipinski definition) is 1. The molecular weight excluding hydrogens is 198 g/mol. The SMILES string of the molecule is Cc1cccc(-n2ncc3c2CCNC3)c1. The third kappa shape index (κ3) is 1.53. The molecule has 3 heteroatoms. The number of nitrogens with one attached hydrogen (secondary N) is 1. The first-order valence-corrected chi connectivity index (χ1v) is 5.68. The molecule has 1 aliphatic heterocycles. The van der Waals surface area contributed by atoms with Crippen LogP contribution in [0.4, 0.5) is 0 Å². The van der Waals surface area contributed by atoms with Crippen molar-refractivity contribution >= 4 is 0 Å². The standard InChI is InChI=1S/C13H15N3/c1-10-3-2-4-12(7-10)16-13-5-6-14-8-11(13)9-15-16/h2-4,7,9,14H,5-6,8H2,1H3. The Morgan fingerprint density at radius 1 is 1.38 bits per heavy atom. The van der Waals surface area contributed by atoms with Gasteiger partial charge in [0, 0.05) is 30.8 Å². The number of fused-ring (bicyclic) bond motifs is 1. The lowest BCUT2D eigenvalue weighted by molar-refractivity contribution is 0.623. The van der Waals surface area contributed by atoms with Gasteiger partial charge in [-0.1, -0.05) is 12.1 Å². The van der Waals surface area contributed by atoms with Gasteiger partial charge in [-0.05, 0) is 24.6 Å². The van der Waals surface area contributed by atoms with Crippen molar-refractivity contribution in [2.24, 2.45) is 0 Å². The van der Waals surface area contributed by atoms with Crippen molar-refractivity contribution < 1.29 is 0 Å². The molecule has 0 unspecified atom stereocenters. The number of rotatable bonds is 1. The van der Waals surface area contributed by atoms with Gasteiger partial charge in [0.05, 0.1) is 11.9 Å². The van der Waals surface area contributed by atoms with Gasteiger partial charge in [-0.3, -0.25) is 0 Å². The van der Waals surface area contributed by atoms with Gasteiger partial charge in [0.25, 0.3) is 0 Å². The van der Waals surface area contributed by atoms with Crippen molar-refractivity contribution in [3.8, 4) is 5.69 Å². The Kier molecular flexibility index (Phi) is 2.26. The Bertz CT molecular complexity index is 514. The summed E-state index contributed by atoms with van der Waals surface area (Å²) in [5, 5.41) is 7.85. The summed E-state index contributed by atoms with van der Waals surface area (Å²) in [7, 11) is 0. The summed E-state index contributed by atoms with van der Waals surface area (Å²) in [4.78, 5) is 0. The van der Waals surface area contributed by atoms with E-state index in [1.807, 2.05) is 6.20 Å². The second-order valence-electron chi connectivity index (χ2n) is 4.29. The minimum absolute atomic E-state index is 0.946. The summed E-state index contributed by atoms with van der Waals surface area (Å²) in [5.41, 5.74) is 5.12. The minimum Gasteiger partial charge on any atom is -0.312 e. The fourth-order valence-corrected chi connectivity index (χ4v) is 2.23. The third-order valence-electron chi connectivity index (χ3n) is 3.06. The normalized spacial score (nSPS) is 14.8. The fraction of sp³-hybridized carbons (Fsp3) is 0.308. The summed E-state index contributed by atoms with van der Waals surface area (Å²) in [6.07, 6.45) is 3.03. The van der Waals surface area contributed by atoms with E-state index in [1.54, 1.807) is 0 Å². The molecule has 16 heavy (non-hydrogen) atoms. The molecule has 0 saturated heterocycles. The number of nitrogens with zero attached hydrogens (tertiary/aromatic N) is 2. The Hall–Kier alpha value is -1.61. The van der Waals surface area contributed by atoms with E-state index in [2.05, 4.69) is 46.3 Å². The molecule has 1 aromatic heterocycles. The highest BCUT2D eigenvalue weighted by Gasteiger charge is 2.15. The van der Waals surface area contributed by atoms with E-state index in [0.717, 1.165) is 19.5 Å². The molecule has 0 saturated carbocycles. The summed E-state index contributed by atoms with van der Waals surface area (Å²) in [5.74, 6) is 0. The van der Waals surface area contributed by atoms with Crippen LogP contribution >= 0.6 is 0 Å². The second kappa shape index (κ2) is 3.76. The Labute approximate surface area is 95.1 Å². The fourth-order valence-electron chi connectivity index (χ4n) is 2.23. The van der Waals surface area contributed by atoms with Crippen LogP contribution in [-0.2, 0) is 13.0 Å². The number of hydrogen-bond acceptors (Lipinski definition) is 2. The van der Waals surface area contributed by atoms with E-state index < -0.39 is 0 Å². The maximum Gasteiger partial charge on any atom is 0.0651 e. The van der Waals surface area contributed by atoms with Crippen LogP contribution < -0.4 is 5.32 Å². The van der Waals surface area contributed by atoms with Gasteiger partial charge < -0.3 is 5.32 Å². The van der Waals surface area contributed by atoms with Crippen LogP contribution in [0.5, 0.6) is 0 Å². The van der Waals surface area contributed by atoms with E-state index >= 15 is 0 Å². The van der Waals surface area contributed by atoms with E-state index in [0.29, 0.717) is 0 Å². The van der Waals surface area contributed by atoms with Gasteiger partial charge in [-0.2, -0.15) is 5.10 Å². The smallest absolute Gasteiger partial charge is 0.0651 e. The number of aryl methyl sites for hydroxylation is 1. The molecule has 1 N–H and O–H groups in total. The first-order chi connectivity index (χ1) is 7.84. The zero-order valence-electron chi connectivity index (χ0n) is 9.40. The average Bonchev–Trinajstić information content (AvgIpc) is 2.72. The van der Waals surface area contributed by atoms with Crippen LogP contribution in [0.1, 0.15) is 16.8 Å². The van der Waals surface area contributed by atoms with Crippen LogP contribution in [0.3, 0.4) is 0 Å². The van der Waals surface area contributed by atoms with Gasteiger partial charge in [-0.15, -0.1) is 0 Å². The lowest BCUT2D eigenvalue weighted by Crippen LogP contribution is -2.24. The van der Waals surface area contributed by atoms with E-state index in [9.17, 15) is 0 Å². The van der Waals surface area contributed by atoms with Gasteiger partial charge in [-0.25, -0.2) is 4.68 Å². The van der Waals surface area contributed by atoms with Crippen LogP contribution in [0, 0.1) is 6.92 Å². The molecule has 0 bridgehead atoms. The van der Waals surface area contributed by atoms with Crippen LogP contribution in [-0.4, -0.2) is 16.3 Å². The Balaban J connectivity index is 2.09. The molecule has 82 valence electrons. The monoisotopic (exact) mass is 213 g/mol. The number of aromatic nitrogens is 2. The van der Waals surface area contributed by atoms with E-state index in [4.69, 9.17) is 0 Å². The molecule has 0 aliphatic carbocycles. The molecule has 0 radical (unpaired) electrons. The highest BCUT2D eigenvalue weighted by atomic mass is 15.3. The molecule has 1 aromatic carbocycles. The largest absolute Gasteiger partial charge is 0.312 e. The predicted octanol–water partition coefficient (Wildman–Crippen LogP) is 1.83. The number of benzene rings is 1. The van der Waals surface area contributed by atoms with E-state index in [1.165, 1.54) is 22.5 Å². The van der Waals surface area contributed by atoms with Gasteiger partial charge in [0.2, 0.25) is 0 Å². The topological polar surface area (TPSA) is 29.9 Å². The highest BCUT2D eigenvalue weighted by molar-refractivity contribution is 5.38. The Morgan fingerprint density at radius 2 is 2.31 bits per heavy atom. The molecule has 0 atom stereocenters. The van der Waals surface area contributed by atoms with Crippen LogP contribution in [0.2, 0.25) is 0 Å². The van der Waals surface area contributed by atoms with Crippen molar-refractivity contribution in [2.45, 2.75) is 19.9 Å². The van der Waals surface area contributed by atoms with Crippen molar-refractivity contribution in [3.63, 3.8) is 0 Å². The van der Waals surface area contributed by atoms with Crippen molar-refractivity contribution in [3.05, 3.63) is 47.3 Å². The lowest BCUT2D eigenvalue weighted by atomic mass is 10.1. The molecule has 3 rings (SSSR count). The van der Waals surface area contributed by atoms with Gasteiger partial charge in [0.1, 0.15) is 0 Å². The zero-order chi connectivity index (χ0) is 11.0. The summed E-state index contributed by atoms with van der Waals surface area (Å²) in [6.45, 7) is 4.10. The average molecular weight is 213 g/mol. The van der Waals surface area contributed by atoms with E-state index in [-0.39, 0.29) is 0 Å². The lowest BCUT2D eigenvalue weighted by Gasteiger charge is -2.15. The van der Waals surface area contributed by atoms with Gasteiger partial charge >= 0.3 is 0 Å². The molecule has 0 spiro atoms. The summed E-state index contributed by atoms with van der Waals surface area (Å²) >= 11 is 0. The first-order valence-electron chi connectivity index (χ1n) is 5.68. The molecule has 0 amide bonds. The molecule has 2 heterocycles. The second-order valence-corrected chi connectivity index (χ2v) is 4.29. The first kappa shape index (κ1) is 9.60. The summed E-state index contributed by atoms with van der Waals surface area (Å²) in [6, 6.07) is 8.48. The Morgan fingerprint density at radius 3 is 3.19 bits per heavy atom. The highest BCUT2D eigenvalue weighted by Crippen LogP contribution is 2.18. The molecule has 0 fully saturated rings. The molecule has 3 nitrogen and oxygen atoms in total. The maximum atomic E-state index is 4.49. The van der Waals surface area contributed by atoms with Crippen LogP contribution in [0.15, 0.2) is 30.5 Å². The minimum atomic E-state index is 0.946. The predicted molar refractivity (Wildman–Crippen MR) is 63.7 cm³/mol. The van der Waals surface area contributed by atoms with Crippen molar-refractivity contribution in [1.82, 2.24) is 15.1 Å². The quantitative estimate of drug-likeness (QED) is 0.783. The molecule has 2 aromatic rings. The van der Waals surface area contributed by atoms with Crippen LogP contribution in [0.25, 0.3) is 5.69 Å². The third-order valence-corrected chi connectivity index (χ3v) is 3.06. The summed E-state index contributed by atoms with van der Waals surface area (Å²) < 4.78 is 2.07. The van der Waals surface area contributed by atoms with Crippen molar-refractivity contribution in [1.29, 1.82) is 0 Å². The zero-order valence-corrected chi connectivity index (χ0v) is 9.40. The van der Waals surface area contributed by atoms with Gasteiger partial charge in [0.15, 0.2) is 0 Å².